The first-order valence-corrected chi connectivity index (χ1v) is 7.07. The van der Waals surface area contributed by atoms with Crippen molar-refractivity contribution in [2.24, 2.45) is 5.92 Å². The third kappa shape index (κ3) is 2.66. The normalized spacial score (nSPS) is 25.1. The zero-order chi connectivity index (χ0) is 12.3. The smallest absolute Gasteiger partial charge is 0.0820 e. The average Bonchev–Trinajstić information content (AvgIpc) is 2.71. The number of piperidine rings is 1. The molecule has 0 aromatic carbocycles. The van der Waals surface area contributed by atoms with Gasteiger partial charge in [0, 0.05) is 12.5 Å². The Morgan fingerprint density at radius 2 is 2.35 bits per heavy atom. The van der Waals surface area contributed by atoms with Crippen molar-refractivity contribution in [2.75, 3.05) is 13.1 Å². The summed E-state index contributed by atoms with van der Waals surface area (Å²) in [6, 6.07) is 0. The largest absolute Gasteiger partial charge is 0.316 e. The second kappa shape index (κ2) is 5.87. The van der Waals surface area contributed by atoms with E-state index in [-0.39, 0.29) is 0 Å². The lowest BCUT2D eigenvalue weighted by atomic mass is 9.82. The maximum Gasteiger partial charge on any atom is 0.0820 e. The van der Waals surface area contributed by atoms with Gasteiger partial charge in [0.05, 0.1) is 16.9 Å². The first kappa shape index (κ1) is 12.9. The van der Waals surface area contributed by atoms with Gasteiger partial charge in [-0.15, -0.1) is 0 Å². The fourth-order valence-electron chi connectivity index (χ4n) is 2.84. The van der Waals surface area contributed by atoms with Crippen molar-refractivity contribution in [3.8, 4) is 0 Å². The third-order valence-electron chi connectivity index (χ3n) is 3.75. The van der Waals surface area contributed by atoms with Gasteiger partial charge in [-0.2, -0.15) is 5.10 Å². The SMILES string of the molecule is CCCn1ncc(Cl)c1C1CCNCC1CC. The lowest BCUT2D eigenvalue weighted by Crippen LogP contribution is -2.36. The van der Waals surface area contributed by atoms with Crippen LogP contribution < -0.4 is 5.32 Å². The average molecular weight is 256 g/mol. The van der Waals surface area contributed by atoms with E-state index in [9.17, 15) is 0 Å². The monoisotopic (exact) mass is 255 g/mol. The molecule has 1 aliphatic heterocycles. The Bertz CT molecular complexity index is 362. The van der Waals surface area contributed by atoms with Crippen LogP contribution in [-0.2, 0) is 6.54 Å². The highest BCUT2D eigenvalue weighted by Crippen LogP contribution is 2.36. The Hall–Kier alpha value is -0.540. The van der Waals surface area contributed by atoms with Crippen LogP contribution in [0.2, 0.25) is 5.02 Å². The van der Waals surface area contributed by atoms with E-state index in [4.69, 9.17) is 11.6 Å². The number of aromatic nitrogens is 2. The van der Waals surface area contributed by atoms with E-state index < -0.39 is 0 Å². The fraction of sp³-hybridized carbons (Fsp3) is 0.769. The van der Waals surface area contributed by atoms with E-state index in [0.29, 0.717) is 11.8 Å². The highest BCUT2D eigenvalue weighted by molar-refractivity contribution is 6.31. The number of hydrogen-bond donors (Lipinski definition) is 1. The molecule has 0 radical (unpaired) electrons. The molecule has 4 heteroatoms. The second-order valence-corrected chi connectivity index (χ2v) is 5.28. The summed E-state index contributed by atoms with van der Waals surface area (Å²) in [5.41, 5.74) is 1.27. The molecule has 0 aliphatic carbocycles. The predicted octanol–water partition coefficient (Wildman–Crippen LogP) is 3.05. The zero-order valence-electron chi connectivity index (χ0n) is 10.7. The van der Waals surface area contributed by atoms with Crippen molar-refractivity contribution in [2.45, 2.75) is 45.6 Å². The molecule has 1 aliphatic rings. The Kier molecular flexibility index (Phi) is 4.46. The molecule has 2 unspecified atom stereocenters. The summed E-state index contributed by atoms with van der Waals surface area (Å²) in [6.07, 6.45) is 5.28. The highest BCUT2D eigenvalue weighted by atomic mass is 35.5. The molecule has 2 atom stereocenters. The van der Waals surface area contributed by atoms with Gasteiger partial charge in [-0.1, -0.05) is 31.9 Å². The standard InChI is InChI=1S/C13H22ClN3/c1-3-7-17-13(12(14)9-16-17)11-5-6-15-8-10(11)4-2/h9-11,15H,3-8H2,1-2H3. The molecule has 1 aromatic rings. The minimum Gasteiger partial charge on any atom is -0.316 e. The summed E-state index contributed by atoms with van der Waals surface area (Å²) >= 11 is 6.33. The summed E-state index contributed by atoms with van der Waals surface area (Å²) in [7, 11) is 0. The van der Waals surface area contributed by atoms with Crippen molar-refractivity contribution in [1.82, 2.24) is 15.1 Å². The zero-order valence-corrected chi connectivity index (χ0v) is 11.5. The van der Waals surface area contributed by atoms with Gasteiger partial charge in [0.25, 0.3) is 0 Å². The van der Waals surface area contributed by atoms with Gasteiger partial charge in [0.15, 0.2) is 0 Å². The van der Waals surface area contributed by atoms with E-state index in [1.54, 1.807) is 6.20 Å². The van der Waals surface area contributed by atoms with Gasteiger partial charge in [0.2, 0.25) is 0 Å². The first-order chi connectivity index (χ1) is 8.27. The van der Waals surface area contributed by atoms with Crippen LogP contribution in [0, 0.1) is 5.92 Å². The van der Waals surface area contributed by atoms with Gasteiger partial charge in [-0.05, 0) is 31.8 Å². The van der Waals surface area contributed by atoms with Crippen LogP contribution >= 0.6 is 11.6 Å². The third-order valence-corrected chi connectivity index (χ3v) is 4.04. The second-order valence-electron chi connectivity index (χ2n) is 4.87. The van der Waals surface area contributed by atoms with Crippen LogP contribution in [0.25, 0.3) is 0 Å². The molecular formula is C13H22ClN3. The Labute approximate surface area is 109 Å². The van der Waals surface area contributed by atoms with Gasteiger partial charge >= 0.3 is 0 Å². The molecule has 0 bridgehead atoms. The van der Waals surface area contributed by atoms with Gasteiger partial charge in [-0.25, -0.2) is 0 Å². The van der Waals surface area contributed by atoms with Crippen LogP contribution in [-0.4, -0.2) is 22.9 Å². The number of rotatable bonds is 4. The quantitative estimate of drug-likeness (QED) is 0.896. The highest BCUT2D eigenvalue weighted by Gasteiger charge is 2.29. The molecule has 1 aromatic heterocycles. The van der Waals surface area contributed by atoms with Crippen molar-refractivity contribution in [3.05, 3.63) is 16.9 Å². The number of aryl methyl sites for hydroxylation is 1. The molecule has 2 rings (SSSR count). The molecule has 1 saturated heterocycles. The van der Waals surface area contributed by atoms with Crippen molar-refractivity contribution >= 4 is 11.6 Å². The van der Waals surface area contributed by atoms with Gasteiger partial charge < -0.3 is 5.32 Å². The summed E-state index contributed by atoms with van der Waals surface area (Å²) in [5.74, 6) is 1.26. The molecular weight excluding hydrogens is 234 g/mol. The van der Waals surface area contributed by atoms with Crippen LogP contribution in [0.1, 0.15) is 44.7 Å². The number of hydrogen-bond acceptors (Lipinski definition) is 2. The minimum atomic E-state index is 0.572. The van der Waals surface area contributed by atoms with Gasteiger partial charge in [-0.3, -0.25) is 4.68 Å². The van der Waals surface area contributed by atoms with Crippen molar-refractivity contribution < 1.29 is 0 Å². The Balaban J connectivity index is 2.26. The molecule has 96 valence electrons. The lowest BCUT2D eigenvalue weighted by Gasteiger charge is -2.32. The van der Waals surface area contributed by atoms with Crippen LogP contribution in [0.3, 0.4) is 0 Å². The molecule has 1 N–H and O–H groups in total. The summed E-state index contributed by atoms with van der Waals surface area (Å²) in [6.45, 7) is 7.62. The number of nitrogens with zero attached hydrogens (tertiary/aromatic N) is 2. The molecule has 0 amide bonds. The van der Waals surface area contributed by atoms with Gasteiger partial charge in [0.1, 0.15) is 0 Å². The summed E-state index contributed by atoms with van der Waals surface area (Å²) < 4.78 is 2.11. The maximum absolute atomic E-state index is 6.33. The molecule has 0 saturated carbocycles. The van der Waals surface area contributed by atoms with Crippen LogP contribution in [0.4, 0.5) is 0 Å². The molecule has 0 spiro atoms. The van der Waals surface area contributed by atoms with E-state index in [2.05, 4.69) is 28.9 Å². The number of halogens is 1. The van der Waals surface area contributed by atoms with Crippen molar-refractivity contribution in [1.29, 1.82) is 0 Å². The van der Waals surface area contributed by atoms with E-state index >= 15 is 0 Å². The van der Waals surface area contributed by atoms with Crippen LogP contribution in [0.5, 0.6) is 0 Å². The molecule has 17 heavy (non-hydrogen) atoms. The van der Waals surface area contributed by atoms with Crippen LogP contribution in [0.15, 0.2) is 6.20 Å². The fourth-order valence-corrected chi connectivity index (χ4v) is 3.12. The molecule has 1 fully saturated rings. The predicted molar refractivity (Wildman–Crippen MR) is 71.5 cm³/mol. The van der Waals surface area contributed by atoms with Crippen molar-refractivity contribution in [3.63, 3.8) is 0 Å². The minimum absolute atomic E-state index is 0.572. The lowest BCUT2D eigenvalue weighted by molar-refractivity contribution is 0.303. The maximum atomic E-state index is 6.33. The Morgan fingerprint density at radius 1 is 1.53 bits per heavy atom. The number of nitrogens with one attached hydrogen (secondary N) is 1. The first-order valence-electron chi connectivity index (χ1n) is 6.69. The molecule has 2 heterocycles. The summed E-state index contributed by atoms with van der Waals surface area (Å²) in [4.78, 5) is 0. The molecule has 3 nitrogen and oxygen atoms in total. The summed E-state index contributed by atoms with van der Waals surface area (Å²) in [5, 5.41) is 8.74. The Morgan fingerprint density at radius 3 is 3.06 bits per heavy atom. The topological polar surface area (TPSA) is 29.9 Å². The van der Waals surface area contributed by atoms with E-state index in [0.717, 1.165) is 31.1 Å². The van der Waals surface area contributed by atoms with E-state index in [1.165, 1.54) is 18.5 Å². The van der Waals surface area contributed by atoms with E-state index in [1.807, 2.05) is 0 Å².